The smallest absolute Gasteiger partial charge is 0.429 e. The summed E-state index contributed by atoms with van der Waals surface area (Å²) in [5.74, 6) is -10.5. The molecule has 0 aliphatic carbocycles. The number of rotatable bonds is 6. The van der Waals surface area contributed by atoms with Crippen molar-refractivity contribution < 1.29 is 63.7 Å². The van der Waals surface area contributed by atoms with Gasteiger partial charge in [0.25, 0.3) is 0 Å². The van der Waals surface area contributed by atoms with E-state index in [-0.39, 0.29) is 41.0 Å². The minimum absolute atomic E-state index is 0.0747. The number of hydrogen-bond donors (Lipinski definition) is 0. The Hall–Kier alpha value is -5.17. The summed E-state index contributed by atoms with van der Waals surface area (Å²) in [5.41, 5.74) is -3.90. The summed E-state index contributed by atoms with van der Waals surface area (Å²) in [7, 11) is -10.8. The van der Waals surface area contributed by atoms with Crippen molar-refractivity contribution in [3.05, 3.63) is 141 Å². The van der Waals surface area contributed by atoms with Crippen LogP contribution in [0.4, 0.5) is 58.9 Å². The van der Waals surface area contributed by atoms with E-state index in [4.69, 9.17) is 0 Å². The van der Waals surface area contributed by atoms with Gasteiger partial charge in [0.15, 0.2) is 4.90 Å². The molecule has 5 aromatic rings. The van der Waals surface area contributed by atoms with E-state index in [2.05, 4.69) is 10.7 Å². The van der Waals surface area contributed by atoms with Gasteiger partial charge in [0.2, 0.25) is 0 Å². The lowest BCUT2D eigenvalue weighted by Gasteiger charge is -2.40. The first-order valence-electron chi connectivity index (χ1n) is 14.0. The molecule has 268 valence electrons. The molecule has 51 heavy (non-hydrogen) atoms. The van der Waals surface area contributed by atoms with Crippen molar-refractivity contribution in [3.63, 3.8) is 0 Å². The first-order chi connectivity index (χ1) is 23.3. The Morgan fingerprint density at radius 2 is 1.06 bits per heavy atom. The summed E-state index contributed by atoms with van der Waals surface area (Å²) in [6.07, 6.45) is -4.77. The largest absolute Gasteiger partial charge is 0.432 e. The van der Waals surface area contributed by atoms with Crippen LogP contribution in [0.5, 0.6) is 5.75 Å². The zero-order valence-electron chi connectivity index (χ0n) is 25.5. The molecule has 0 saturated carbocycles. The molecule has 0 unspecified atom stereocenters. The fourth-order valence-corrected chi connectivity index (χ4v) is 5.80. The molecule has 5 rings (SSSR count). The van der Waals surface area contributed by atoms with E-state index < -0.39 is 90.0 Å². The third-order valence-electron chi connectivity index (χ3n) is 7.31. The molecular weight excluding hydrogens is 734 g/mol. The second kappa shape index (κ2) is 12.0. The molecule has 16 heteroatoms. The van der Waals surface area contributed by atoms with Gasteiger partial charge in [-0.2, -0.15) is 8.78 Å². The molecule has 0 aliphatic heterocycles. The van der Waals surface area contributed by atoms with E-state index in [1.54, 1.807) is 19.1 Å². The molecule has 1 nitrogen and oxygen atoms in total. The van der Waals surface area contributed by atoms with Crippen molar-refractivity contribution in [2.45, 2.75) is 24.9 Å². The summed E-state index contributed by atoms with van der Waals surface area (Å²) in [6, 6.07) is 9.03. The Morgan fingerprint density at radius 3 is 1.57 bits per heavy atom. The van der Waals surface area contributed by atoms with Gasteiger partial charge in [-0.3, -0.25) is 0 Å². The molecule has 0 saturated heterocycles. The van der Waals surface area contributed by atoms with Gasteiger partial charge >= 0.3 is 16.3 Å². The maximum Gasteiger partial charge on any atom is 0.432 e. The van der Waals surface area contributed by atoms with Gasteiger partial charge in [-0.25, -0.2) is 30.7 Å². The van der Waals surface area contributed by atoms with Crippen molar-refractivity contribution in [2.24, 2.45) is 0 Å². The van der Waals surface area contributed by atoms with E-state index >= 15 is 0 Å². The predicted molar refractivity (Wildman–Crippen MR) is 161 cm³/mol. The molecule has 0 fully saturated rings. The highest BCUT2D eigenvalue weighted by Gasteiger charge is 2.69. The summed E-state index contributed by atoms with van der Waals surface area (Å²) in [6.45, 7) is 2.95. The van der Waals surface area contributed by atoms with Crippen molar-refractivity contribution in [2.75, 3.05) is 0 Å². The highest BCUT2D eigenvalue weighted by Crippen LogP contribution is 3.02. The first-order valence-corrected chi connectivity index (χ1v) is 16.0. The van der Waals surface area contributed by atoms with Gasteiger partial charge in [-0.15, -0.1) is 0 Å². The van der Waals surface area contributed by atoms with E-state index in [9.17, 15) is 58.9 Å². The molecule has 0 N–H and O–H groups in total. The summed E-state index contributed by atoms with van der Waals surface area (Å²) in [4.78, 5) is -3.41. The number of halogens is 14. The summed E-state index contributed by atoms with van der Waals surface area (Å²) >= 11 is 0. The lowest BCUT2D eigenvalue weighted by Crippen LogP contribution is -2.25. The fourth-order valence-electron chi connectivity index (χ4n) is 4.94. The maximum atomic E-state index is 14.9. The van der Waals surface area contributed by atoms with Crippen LogP contribution in [-0.2, 0) is 6.11 Å². The van der Waals surface area contributed by atoms with Gasteiger partial charge < -0.3 is 4.74 Å². The quantitative estimate of drug-likeness (QED) is 0.124. The number of alkyl halides is 2. The molecule has 5 aromatic carbocycles. The highest BCUT2D eigenvalue weighted by atomic mass is 32.5. The van der Waals surface area contributed by atoms with E-state index in [0.29, 0.717) is 23.8 Å². The van der Waals surface area contributed by atoms with E-state index in [1.807, 2.05) is 5.92 Å². The zero-order chi connectivity index (χ0) is 37.9. The minimum Gasteiger partial charge on any atom is -0.429 e. The van der Waals surface area contributed by atoms with Crippen LogP contribution in [0, 0.1) is 66.4 Å². The van der Waals surface area contributed by atoms with Crippen molar-refractivity contribution in [1.82, 2.24) is 0 Å². The molecule has 0 amide bonds. The van der Waals surface area contributed by atoms with Gasteiger partial charge in [0.05, 0.1) is 5.56 Å². The third kappa shape index (κ3) is 7.78. The second-order valence-electron chi connectivity index (χ2n) is 11.2. The number of aryl methyl sites for hydroxylation is 2. The van der Waals surface area contributed by atoms with Crippen molar-refractivity contribution in [1.29, 1.82) is 0 Å². The Balaban J connectivity index is 1.41. The lowest BCUT2D eigenvalue weighted by atomic mass is 9.98. The molecule has 0 aromatic heterocycles. The molecule has 0 atom stereocenters. The third-order valence-corrected chi connectivity index (χ3v) is 8.47. The summed E-state index contributed by atoms with van der Waals surface area (Å²) in [5, 5.41) is 0. The standard InChI is InChI=1S/C35H18F14OS/c1-17-3-5-19(6-4-17)21-11-29(39)33(30(40)12-21)35(43,44)50-23-15-27(37)24(28(38)16-23)8-7-20-10-26(36)25(9-18(20)2)22-13-31(41)34(32(42)14-22)51(45,46,47,48)49/h3-6,9-16H,1-2H3. The monoisotopic (exact) mass is 752 g/mol. The van der Waals surface area contributed by atoms with Crippen LogP contribution >= 0.6 is 10.2 Å². The van der Waals surface area contributed by atoms with Crippen molar-refractivity contribution >= 4 is 10.2 Å². The van der Waals surface area contributed by atoms with Gasteiger partial charge in [-0.05, 0) is 72.5 Å². The number of ether oxygens (including phenoxy) is 1. The average molecular weight is 753 g/mol. The first kappa shape index (κ1) is 37.1. The van der Waals surface area contributed by atoms with E-state index in [0.717, 1.165) is 11.6 Å². The molecule has 0 aliphatic rings. The zero-order valence-corrected chi connectivity index (χ0v) is 26.4. The van der Waals surface area contributed by atoms with Crippen LogP contribution in [0.3, 0.4) is 0 Å². The normalized spacial score (nSPS) is 13.3. The highest BCUT2D eigenvalue weighted by molar-refractivity contribution is 8.45. The fraction of sp³-hybridized carbons (Fsp3) is 0.0857. The molecule has 0 bridgehead atoms. The average Bonchev–Trinajstić information content (AvgIpc) is 2.95. The van der Waals surface area contributed by atoms with Crippen LogP contribution < -0.4 is 4.74 Å². The minimum atomic E-state index is -10.8. The molecule has 0 spiro atoms. The van der Waals surface area contributed by atoms with Gasteiger partial charge in [-0.1, -0.05) is 61.1 Å². The Kier molecular flexibility index (Phi) is 8.70. The Bertz CT molecular complexity index is 2220. The molecular formula is C35H18F14OS. The number of hydrogen-bond acceptors (Lipinski definition) is 1. The van der Waals surface area contributed by atoms with Crippen molar-refractivity contribution in [3.8, 4) is 39.8 Å². The number of benzene rings is 5. The van der Waals surface area contributed by atoms with Crippen LogP contribution in [0.25, 0.3) is 22.3 Å². The lowest BCUT2D eigenvalue weighted by molar-refractivity contribution is -0.189. The predicted octanol–water partition coefficient (Wildman–Crippen LogP) is 12.8. The van der Waals surface area contributed by atoms with Crippen LogP contribution in [0.15, 0.2) is 77.7 Å². The summed E-state index contributed by atoms with van der Waals surface area (Å²) < 4.78 is 202. The molecule has 0 radical (unpaired) electrons. The SMILES string of the molecule is Cc1ccc(-c2cc(F)c(C(F)(F)Oc3cc(F)c(C#Cc4cc(F)c(-c5cc(F)c(S(F)(F)(F)(F)F)c(F)c5)cc4C)c(F)c3)c(F)c2)cc1. The van der Waals surface area contributed by atoms with Crippen LogP contribution in [0.1, 0.15) is 27.8 Å². The topological polar surface area (TPSA) is 9.23 Å². The van der Waals surface area contributed by atoms with Crippen LogP contribution in [0.2, 0.25) is 0 Å². The Morgan fingerprint density at radius 1 is 0.549 bits per heavy atom. The van der Waals surface area contributed by atoms with Gasteiger partial charge in [0.1, 0.15) is 52.0 Å². The van der Waals surface area contributed by atoms with E-state index in [1.165, 1.54) is 19.1 Å². The molecule has 0 heterocycles. The van der Waals surface area contributed by atoms with Crippen LogP contribution in [-0.4, -0.2) is 0 Å². The maximum absolute atomic E-state index is 14.9. The Labute approximate surface area is 279 Å². The van der Waals surface area contributed by atoms with Gasteiger partial charge in [0, 0.05) is 23.3 Å². The second-order valence-corrected chi connectivity index (χ2v) is 13.5.